The summed E-state index contributed by atoms with van der Waals surface area (Å²) in [4.78, 5) is 39.1. The van der Waals surface area contributed by atoms with Gasteiger partial charge in [0.15, 0.2) is 11.5 Å². The largest absolute Gasteiger partial charge is 0.462 e. The zero-order valence-electron chi connectivity index (χ0n) is 15.4. The maximum Gasteiger partial charge on any atom is 0.340 e. The predicted octanol–water partition coefficient (Wildman–Crippen LogP) is 3.52. The van der Waals surface area contributed by atoms with E-state index in [-0.39, 0.29) is 40.5 Å². The predicted molar refractivity (Wildman–Crippen MR) is 105 cm³/mol. The highest BCUT2D eigenvalue weighted by Gasteiger charge is 2.45. The van der Waals surface area contributed by atoms with Crippen LogP contribution in [-0.2, 0) is 14.3 Å². The number of benzene rings is 2. The van der Waals surface area contributed by atoms with Gasteiger partial charge in [-0.25, -0.2) is 4.79 Å². The Bertz CT molecular complexity index is 1130. The van der Waals surface area contributed by atoms with Crippen molar-refractivity contribution in [2.75, 3.05) is 6.61 Å². The van der Waals surface area contributed by atoms with Gasteiger partial charge < -0.3 is 15.2 Å². The number of allylic oxidation sites excluding steroid dienone is 2. The lowest BCUT2D eigenvalue weighted by Gasteiger charge is -2.32. The van der Waals surface area contributed by atoms with E-state index in [0.717, 1.165) is 0 Å². The summed E-state index contributed by atoms with van der Waals surface area (Å²) >= 11 is 6.15. The summed E-state index contributed by atoms with van der Waals surface area (Å²) in [6, 6.07) is 13.1. The Morgan fingerprint density at radius 2 is 1.79 bits per heavy atom. The van der Waals surface area contributed by atoms with Crippen molar-refractivity contribution in [2.24, 2.45) is 5.73 Å². The molecule has 0 spiro atoms. The normalized spacial score (nSPS) is 18.2. The highest BCUT2D eigenvalue weighted by atomic mass is 35.5. The molecular weight excluding hydrogens is 394 g/mol. The van der Waals surface area contributed by atoms with Crippen LogP contribution >= 0.6 is 11.6 Å². The molecule has 2 aromatic rings. The number of ether oxygens (including phenoxy) is 2. The van der Waals surface area contributed by atoms with Crippen LogP contribution in [0.25, 0.3) is 0 Å². The van der Waals surface area contributed by atoms with Crippen LogP contribution in [-0.4, -0.2) is 24.1 Å². The van der Waals surface area contributed by atoms with Gasteiger partial charge in [0, 0.05) is 16.1 Å². The molecule has 1 aliphatic heterocycles. The highest BCUT2D eigenvalue weighted by molar-refractivity contribution is 6.31. The van der Waals surface area contributed by atoms with Crippen molar-refractivity contribution in [1.82, 2.24) is 0 Å². The molecule has 146 valence electrons. The zero-order chi connectivity index (χ0) is 20.7. The number of nitrogens with two attached hydrogens (primary N) is 1. The molecule has 0 bridgehead atoms. The van der Waals surface area contributed by atoms with Crippen LogP contribution in [0, 0.1) is 0 Å². The molecule has 0 saturated heterocycles. The fraction of sp³-hybridized carbons (Fsp3) is 0.136. The molecule has 0 unspecified atom stereocenters. The van der Waals surface area contributed by atoms with E-state index in [0.29, 0.717) is 10.6 Å². The van der Waals surface area contributed by atoms with Gasteiger partial charge in [-0.05, 0) is 24.6 Å². The number of rotatable bonds is 3. The van der Waals surface area contributed by atoms with Gasteiger partial charge in [-0.1, -0.05) is 48.0 Å². The second kappa shape index (κ2) is 7.22. The van der Waals surface area contributed by atoms with Crippen LogP contribution in [0.5, 0.6) is 0 Å². The fourth-order valence-electron chi connectivity index (χ4n) is 3.63. The van der Waals surface area contributed by atoms with Crippen molar-refractivity contribution in [1.29, 1.82) is 0 Å². The third kappa shape index (κ3) is 3.02. The third-order valence-corrected chi connectivity index (χ3v) is 5.08. The Balaban J connectivity index is 1.97. The van der Waals surface area contributed by atoms with Crippen molar-refractivity contribution in [3.63, 3.8) is 0 Å². The SMILES string of the molecule is CCOC(=O)C1=C(N)OC2=C(C(=O)c3ccccc3C2=O)[C@@H]1c1cccc(Cl)c1. The van der Waals surface area contributed by atoms with E-state index in [9.17, 15) is 14.4 Å². The number of fused-ring (bicyclic) bond motifs is 1. The summed E-state index contributed by atoms with van der Waals surface area (Å²) in [5.74, 6) is -2.98. The summed E-state index contributed by atoms with van der Waals surface area (Å²) < 4.78 is 10.7. The van der Waals surface area contributed by atoms with Crippen molar-refractivity contribution in [3.05, 3.63) is 93.0 Å². The quantitative estimate of drug-likeness (QED) is 0.779. The molecule has 0 aromatic heterocycles. The number of hydrogen-bond acceptors (Lipinski definition) is 6. The lowest BCUT2D eigenvalue weighted by Crippen LogP contribution is -2.35. The van der Waals surface area contributed by atoms with E-state index in [1.165, 1.54) is 0 Å². The van der Waals surface area contributed by atoms with Crippen LogP contribution in [0.3, 0.4) is 0 Å². The number of esters is 1. The zero-order valence-corrected chi connectivity index (χ0v) is 16.2. The average molecular weight is 410 g/mol. The topological polar surface area (TPSA) is 95.7 Å². The molecular formula is C22H16ClNO5. The lowest BCUT2D eigenvalue weighted by atomic mass is 9.75. The van der Waals surface area contributed by atoms with Gasteiger partial charge in [0.1, 0.15) is 5.57 Å². The molecule has 0 saturated carbocycles. The first-order valence-corrected chi connectivity index (χ1v) is 9.34. The van der Waals surface area contributed by atoms with Crippen LogP contribution in [0.2, 0.25) is 5.02 Å². The van der Waals surface area contributed by atoms with E-state index in [2.05, 4.69) is 0 Å². The number of Topliss-reactive ketones (excluding diaryl/α,β-unsaturated/α-hetero) is 2. The standard InChI is InChI=1S/C22H16ClNO5/c1-2-28-22(27)17-15(11-6-5-7-12(23)10-11)16-18(25)13-8-3-4-9-14(13)19(26)20(16)29-21(17)24/h3-10,15H,2,24H2,1H3/t15-/m0/s1. The first-order chi connectivity index (χ1) is 13.9. The molecule has 1 aliphatic carbocycles. The Morgan fingerprint density at radius 3 is 2.45 bits per heavy atom. The number of halogens is 1. The van der Waals surface area contributed by atoms with Crippen LogP contribution < -0.4 is 5.73 Å². The molecule has 0 radical (unpaired) electrons. The highest BCUT2D eigenvalue weighted by Crippen LogP contribution is 2.45. The first-order valence-electron chi connectivity index (χ1n) is 8.96. The Morgan fingerprint density at radius 1 is 1.10 bits per heavy atom. The molecule has 2 aliphatic rings. The van der Waals surface area contributed by atoms with Gasteiger partial charge >= 0.3 is 5.97 Å². The summed E-state index contributed by atoms with van der Waals surface area (Å²) in [6.07, 6.45) is 0. The summed E-state index contributed by atoms with van der Waals surface area (Å²) in [5.41, 5.74) is 7.06. The molecule has 4 rings (SSSR count). The first kappa shape index (κ1) is 19.0. The van der Waals surface area contributed by atoms with Gasteiger partial charge in [0.25, 0.3) is 0 Å². The second-order valence-electron chi connectivity index (χ2n) is 6.54. The van der Waals surface area contributed by atoms with E-state index < -0.39 is 23.5 Å². The monoisotopic (exact) mass is 409 g/mol. The molecule has 2 aromatic carbocycles. The van der Waals surface area contributed by atoms with Gasteiger partial charge in [0.05, 0.1) is 18.1 Å². The Kier molecular flexibility index (Phi) is 4.72. The summed E-state index contributed by atoms with van der Waals surface area (Å²) in [5, 5.41) is 0.410. The fourth-order valence-corrected chi connectivity index (χ4v) is 3.83. The number of carbonyl (C=O) groups excluding carboxylic acids is 3. The Hall–Kier alpha value is -3.38. The van der Waals surface area contributed by atoms with Crippen molar-refractivity contribution < 1.29 is 23.9 Å². The van der Waals surface area contributed by atoms with Crippen molar-refractivity contribution in [2.45, 2.75) is 12.8 Å². The van der Waals surface area contributed by atoms with Crippen LogP contribution in [0.4, 0.5) is 0 Å². The molecule has 29 heavy (non-hydrogen) atoms. The lowest BCUT2D eigenvalue weighted by molar-refractivity contribution is -0.139. The second-order valence-corrected chi connectivity index (χ2v) is 6.97. The maximum absolute atomic E-state index is 13.4. The minimum absolute atomic E-state index is 0.0339. The molecule has 2 N–H and O–H groups in total. The van der Waals surface area contributed by atoms with Gasteiger partial charge in [-0.2, -0.15) is 0 Å². The smallest absolute Gasteiger partial charge is 0.340 e. The van der Waals surface area contributed by atoms with Gasteiger partial charge in [-0.15, -0.1) is 0 Å². The molecule has 6 nitrogen and oxygen atoms in total. The Labute approximate surface area is 171 Å². The van der Waals surface area contributed by atoms with E-state index >= 15 is 0 Å². The molecule has 0 amide bonds. The van der Waals surface area contributed by atoms with Gasteiger partial charge in [-0.3, -0.25) is 9.59 Å². The summed E-state index contributed by atoms with van der Waals surface area (Å²) in [7, 11) is 0. The molecule has 7 heteroatoms. The molecule has 1 heterocycles. The number of carbonyl (C=O) groups is 3. The van der Waals surface area contributed by atoms with Gasteiger partial charge in [0.2, 0.25) is 11.7 Å². The molecule has 1 atom stereocenters. The van der Waals surface area contributed by atoms with Crippen molar-refractivity contribution in [3.8, 4) is 0 Å². The van der Waals surface area contributed by atoms with Crippen molar-refractivity contribution >= 4 is 29.1 Å². The minimum Gasteiger partial charge on any atom is -0.462 e. The summed E-state index contributed by atoms with van der Waals surface area (Å²) in [6.45, 7) is 1.77. The number of ketones is 2. The van der Waals surface area contributed by atoms with E-state index in [1.54, 1.807) is 55.5 Å². The van der Waals surface area contributed by atoms with Crippen LogP contribution in [0.15, 0.2) is 71.3 Å². The number of hydrogen-bond donors (Lipinski definition) is 1. The maximum atomic E-state index is 13.4. The molecule has 0 fully saturated rings. The third-order valence-electron chi connectivity index (χ3n) is 4.84. The van der Waals surface area contributed by atoms with Crippen LogP contribution in [0.1, 0.15) is 39.1 Å². The average Bonchev–Trinajstić information content (AvgIpc) is 2.71. The van der Waals surface area contributed by atoms with E-state index in [1.807, 2.05) is 0 Å². The van der Waals surface area contributed by atoms with E-state index in [4.69, 9.17) is 26.8 Å². The minimum atomic E-state index is -0.943.